The zero-order valence-electron chi connectivity index (χ0n) is 10.0. The van der Waals surface area contributed by atoms with Gasteiger partial charge in [0, 0.05) is 36.7 Å². The van der Waals surface area contributed by atoms with E-state index < -0.39 is 0 Å². The third-order valence-corrected chi connectivity index (χ3v) is 4.75. The fourth-order valence-corrected chi connectivity index (χ4v) is 3.62. The lowest BCUT2D eigenvalue weighted by Gasteiger charge is -2.25. The van der Waals surface area contributed by atoms with E-state index in [1.165, 1.54) is 37.3 Å². The van der Waals surface area contributed by atoms with Crippen LogP contribution in [0, 0.1) is 5.41 Å². The van der Waals surface area contributed by atoms with E-state index in [1.54, 1.807) is 0 Å². The van der Waals surface area contributed by atoms with Gasteiger partial charge in [0.15, 0.2) is 0 Å². The van der Waals surface area contributed by atoms with E-state index in [0.717, 1.165) is 12.6 Å². The molecule has 1 saturated carbocycles. The van der Waals surface area contributed by atoms with Gasteiger partial charge in [0.05, 0.1) is 0 Å². The number of rotatable bonds is 3. The minimum atomic E-state index is 0.576. The van der Waals surface area contributed by atoms with Crippen molar-refractivity contribution in [1.29, 1.82) is 0 Å². The van der Waals surface area contributed by atoms with Gasteiger partial charge in [0.2, 0.25) is 0 Å². The molecule has 2 fully saturated rings. The summed E-state index contributed by atoms with van der Waals surface area (Å²) < 4.78 is 0. The van der Waals surface area contributed by atoms with Gasteiger partial charge in [-0.3, -0.25) is 0 Å². The molecule has 1 heterocycles. The molecular weight excluding hydrogens is 204 g/mol. The standard InChI is InChI=1S/C12H24N2S/c1-12(2)4-3-10(7-12)14-8-11-9-15-6-5-13-11/h10-11,13-14H,3-9H2,1-2H3. The number of hydrogen-bond acceptors (Lipinski definition) is 3. The lowest BCUT2D eigenvalue weighted by atomic mass is 9.92. The molecule has 0 bridgehead atoms. The van der Waals surface area contributed by atoms with Crippen molar-refractivity contribution in [2.75, 3.05) is 24.6 Å². The molecule has 1 aliphatic carbocycles. The summed E-state index contributed by atoms with van der Waals surface area (Å²) in [6, 6.07) is 1.47. The summed E-state index contributed by atoms with van der Waals surface area (Å²) in [6.07, 6.45) is 4.11. The first-order valence-electron chi connectivity index (χ1n) is 6.20. The van der Waals surface area contributed by atoms with Crippen LogP contribution in [-0.4, -0.2) is 36.7 Å². The minimum Gasteiger partial charge on any atom is -0.312 e. The topological polar surface area (TPSA) is 24.1 Å². The molecule has 0 aromatic carbocycles. The van der Waals surface area contributed by atoms with Crippen LogP contribution in [0.25, 0.3) is 0 Å². The highest BCUT2D eigenvalue weighted by Crippen LogP contribution is 2.36. The molecule has 2 rings (SSSR count). The van der Waals surface area contributed by atoms with Crippen LogP contribution in [-0.2, 0) is 0 Å². The predicted octanol–water partition coefficient (Wildman–Crippen LogP) is 1.86. The van der Waals surface area contributed by atoms with E-state index in [2.05, 4.69) is 36.2 Å². The molecule has 15 heavy (non-hydrogen) atoms. The van der Waals surface area contributed by atoms with Gasteiger partial charge >= 0.3 is 0 Å². The van der Waals surface area contributed by atoms with Crippen molar-refractivity contribution >= 4 is 11.8 Å². The molecule has 2 unspecified atom stereocenters. The van der Waals surface area contributed by atoms with Gasteiger partial charge in [-0.05, 0) is 24.7 Å². The Labute approximate surface area is 98.0 Å². The Bertz CT molecular complexity index is 200. The molecule has 0 amide bonds. The Morgan fingerprint density at radius 1 is 1.47 bits per heavy atom. The molecule has 2 N–H and O–H groups in total. The van der Waals surface area contributed by atoms with E-state index in [0.29, 0.717) is 11.5 Å². The first-order valence-corrected chi connectivity index (χ1v) is 7.36. The zero-order chi connectivity index (χ0) is 10.7. The van der Waals surface area contributed by atoms with Gasteiger partial charge in [0.1, 0.15) is 0 Å². The summed E-state index contributed by atoms with van der Waals surface area (Å²) in [6.45, 7) is 7.13. The summed E-state index contributed by atoms with van der Waals surface area (Å²) in [5.74, 6) is 2.57. The zero-order valence-corrected chi connectivity index (χ0v) is 10.8. The van der Waals surface area contributed by atoms with Crippen LogP contribution in [0.4, 0.5) is 0 Å². The summed E-state index contributed by atoms with van der Waals surface area (Å²) in [5, 5.41) is 7.31. The third kappa shape index (κ3) is 3.65. The van der Waals surface area contributed by atoms with Crippen molar-refractivity contribution in [2.24, 2.45) is 5.41 Å². The quantitative estimate of drug-likeness (QED) is 0.771. The molecule has 0 spiro atoms. The molecule has 0 aromatic heterocycles. The number of thioether (sulfide) groups is 1. The van der Waals surface area contributed by atoms with Gasteiger partial charge < -0.3 is 10.6 Å². The second-order valence-corrected chi connectivity index (χ2v) is 6.89. The van der Waals surface area contributed by atoms with Crippen LogP contribution >= 0.6 is 11.8 Å². The maximum Gasteiger partial charge on any atom is 0.0283 e. The maximum atomic E-state index is 3.73. The summed E-state index contributed by atoms with van der Waals surface area (Å²) in [4.78, 5) is 0. The van der Waals surface area contributed by atoms with Crippen LogP contribution in [0.2, 0.25) is 0 Å². The lowest BCUT2D eigenvalue weighted by Crippen LogP contribution is -2.46. The molecule has 2 atom stereocenters. The fraction of sp³-hybridized carbons (Fsp3) is 1.00. The summed E-state index contributed by atoms with van der Waals surface area (Å²) >= 11 is 2.08. The molecule has 88 valence electrons. The van der Waals surface area contributed by atoms with Crippen LogP contribution in [0.5, 0.6) is 0 Å². The van der Waals surface area contributed by atoms with Crippen LogP contribution in [0.3, 0.4) is 0 Å². The fourth-order valence-electron chi connectivity index (χ4n) is 2.67. The first-order chi connectivity index (χ1) is 7.16. The summed E-state index contributed by atoms with van der Waals surface area (Å²) in [5.41, 5.74) is 0.576. The van der Waals surface area contributed by atoms with E-state index in [9.17, 15) is 0 Å². The van der Waals surface area contributed by atoms with Crippen LogP contribution in [0.15, 0.2) is 0 Å². The van der Waals surface area contributed by atoms with Gasteiger partial charge in [0.25, 0.3) is 0 Å². The molecule has 1 aliphatic heterocycles. The Morgan fingerprint density at radius 2 is 2.33 bits per heavy atom. The van der Waals surface area contributed by atoms with E-state index in [4.69, 9.17) is 0 Å². The smallest absolute Gasteiger partial charge is 0.0283 e. The van der Waals surface area contributed by atoms with Crippen molar-refractivity contribution < 1.29 is 0 Å². The second-order valence-electron chi connectivity index (χ2n) is 5.74. The molecular formula is C12H24N2S. The Kier molecular flexibility index (Phi) is 3.97. The molecule has 3 heteroatoms. The van der Waals surface area contributed by atoms with E-state index >= 15 is 0 Å². The Hall–Kier alpha value is 0.270. The molecule has 1 saturated heterocycles. The number of nitrogens with one attached hydrogen (secondary N) is 2. The second kappa shape index (κ2) is 5.07. The molecule has 2 aliphatic rings. The maximum absolute atomic E-state index is 3.73. The van der Waals surface area contributed by atoms with Crippen molar-refractivity contribution in [1.82, 2.24) is 10.6 Å². The van der Waals surface area contributed by atoms with E-state index in [1.807, 2.05) is 0 Å². The minimum absolute atomic E-state index is 0.576. The largest absolute Gasteiger partial charge is 0.312 e. The van der Waals surface area contributed by atoms with Gasteiger partial charge in [-0.25, -0.2) is 0 Å². The summed E-state index contributed by atoms with van der Waals surface area (Å²) in [7, 11) is 0. The monoisotopic (exact) mass is 228 g/mol. The first kappa shape index (κ1) is 11.7. The average molecular weight is 228 g/mol. The Morgan fingerprint density at radius 3 is 2.93 bits per heavy atom. The van der Waals surface area contributed by atoms with Gasteiger partial charge in [-0.2, -0.15) is 11.8 Å². The third-order valence-electron chi connectivity index (χ3n) is 3.62. The average Bonchev–Trinajstić information content (AvgIpc) is 2.57. The molecule has 0 aromatic rings. The van der Waals surface area contributed by atoms with Gasteiger partial charge in [-0.15, -0.1) is 0 Å². The van der Waals surface area contributed by atoms with Crippen molar-refractivity contribution in [3.63, 3.8) is 0 Å². The molecule has 2 nitrogen and oxygen atoms in total. The Balaban J connectivity index is 1.65. The predicted molar refractivity (Wildman–Crippen MR) is 68.5 cm³/mol. The van der Waals surface area contributed by atoms with Crippen molar-refractivity contribution in [3.8, 4) is 0 Å². The van der Waals surface area contributed by atoms with Crippen LogP contribution in [0.1, 0.15) is 33.1 Å². The highest BCUT2D eigenvalue weighted by molar-refractivity contribution is 7.99. The SMILES string of the molecule is CC1(C)CCC(NCC2CSCCN2)C1. The highest BCUT2D eigenvalue weighted by Gasteiger charge is 2.30. The van der Waals surface area contributed by atoms with Crippen molar-refractivity contribution in [3.05, 3.63) is 0 Å². The van der Waals surface area contributed by atoms with E-state index in [-0.39, 0.29) is 0 Å². The number of hydrogen-bond donors (Lipinski definition) is 2. The lowest BCUT2D eigenvalue weighted by molar-refractivity contribution is 0.360. The normalized spacial score (nSPS) is 35.6. The van der Waals surface area contributed by atoms with Gasteiger partial charge in [-0.1, -0.05) is 13.8 Å². The van der Waals surface area contributed by atoms with Crippen LogP contribution < -0.4 is 10.6 Å². The molecule has 0 radical (unpaired) electrons. The highest BCUT2D eigenvalue weighted by atomic mass is 32.2. The van der Waals surface area contributed by atoms with Crippen molar-refractivity contribution in [2.45, 2.75) is 45.2 Å².